The third-order valence-corrected chi connectivity index (χ3v) is 1.86. The van der Waals surface area contributed by atoms with E-state index in [9.17, 15) is 32.5 Å². The monoisotopic (exact) mass is 283 g/mol. The Balaban J connectivity index is 3.39. The van der Waals surface area contributed by atoms with Gasteiger partial charge in [0, 0.05) is 0 Å². The van der Waals surface area contributed by atoms with Crippen molar-refractivity contribution in [1.82, 2.24) is 0 Å². The van der Waals surface area contributed by atoms with Crippen molar-refractivity contribution in [3.05, 3.63) is 33.6 Å². The van der Waals surface area contributed by atoms with Gasteiger partial charge in [0.2, 0.25) is 5.82 Å². The van der Waals surface area contributed by atoms with Crippen molar-refractivity contribution in [3.63, 3.8) is 0 Å². The van der Waals surface area contributed by atoms with Crippen LogP contribution in [0.5, 0.6) is 5.75 Å². The highest BCUT2D eigenvalue weighted by molar-refractivity contribution is 5.91. The minimum Gasteiger partial charge on any atom is -0.465 e. The summed E-state index contributed by atoms with van der Waals surface area (Å²) < 4.78 is 57.0. The number of methoxy groups -OCH3 is 1. The van der Waals surface area contributed by atoms with Gasteiger partial charge in [0.25, 0.3) is 0 Å². The molecule has 0 N–H and O–H groups in total. The van der Waals surface area contributed by atoms with Crippen LogP contribution in [-0.4, -0.2) is 24.4 Å². The zero-order valence-electron chi connectivity index (χ0n) is 9.16. The molecule has 1 rings (SSSR count). The molecule has 0 atom stereocenters. The van der Waals surface area contributed by atoms with Crippen LogP contribution in [0, 0.1) is 15.9 Å². The Morgan fingerprint density at radius 1 is 1.37 bits per heavy atom. The van der Waals surface area contributed by atoms with Crippen LogP contribution >= 0.6 is 0 Å². The molecule has 104 valence electrons. The zero-order chi connectivity index (χ0) is 14.8. The maximum atomic E-state index is 13.5. The Morgan fingerprint density at radius 3 is 2.37 bits per heavy atom. The van der Waals surface area contributed by atoms with E-state index in [2.05, 4.69) is 9.47 Å². The lowest BCUT2D eigenvalue weighted by Gasteiger charge is -2.10. The molecule has 0 spiro atoms. The maximum Gasteiger partial charge on any atom is 0.573 e. The van der Waals surface area contributed by atoms with E-state index in [4.69, 9.17) is 0 Å². The van der Waals surface area contributed by atoms with Crippen molar-refractivity contribution in [3.8, 4) is 5.75 Å². The summed E-state index contributed by atoms with van der Waals surface area (Å²) in [6.45, 7) is 0. The number of rotatable bonds is 3. The first-order chi connectivity index (χ1) is 8.65. The molecular formula is C9H5F4NO5. The lowest BCUT2D eigenvalue weighted by molar-refractivity contribution is -0.387. The van der Waals surface area contributed by atoms with Gasteiger partial charge in [-0.05, 0) is 6.07 Å². The number of nitro benzene ring substituents is 1. The van der Waals surface area contributed by atoms with Crippen LogP contribution in [0.25, 0.3) is 0 Å². The summed E-state index contributed by atoms with van der Waals surface area (Å²) in [5, 5.41) is 10.5. The number of hydrogen-bond donors (Lipinski definition) is 0. The first kappa shape index (κ1) is 14.7. The van der Waals surface area contributed by atoms with Gasteiger partial charge in [-0.15, -0.1) is 13.2 Å². The molecule has 1 aromatic rings. The van der Waals surface area contributed by atoms with Gasteiger partial charge in [-0.1, -0.05) is 0 Å². The molecule has 6 nitrogen and oxygen atoms in total. The van der Waals surface area contributed by atoms with Crippen LogP contribution in [0.3, 0.4) is 0 Å². The van der Waals surface area contributed by atoms with Crippen LogP contribution in [0.15, 0.2) is 12.1 Å². The molecule has 10 heteroatoms. The second-order valence-corrected chi connectivity index (χ2v) is 3.10. The third-order valence-electron chi connectivity index (χ3n) is 1.86. The van der Waals surface area contributed by atoms with Gasteiger partial charge in [-0.2, -0.15) is 4.39 Å². The fourth-order valence-electron chi connectivity index (χ4n) is 1.17. The van der Waals surface area contributed by atoms with Crippen molar-refractivity contribution in [2.24, 2.45) is 0 Å². The molecule has 19 heavy (non-hydrogen) atoms. The number of hydrogen-bond acceptors (Lipinski definition) is 5. The van der Waals surface area contributed by atoms with E-state index in [0.717, 1.165) is 7.11 Å². The lowest BCUT2D eigenvalue weighted by Crippen LogP contribution is -2.18. The number of carbonyl (C=O) groups excluding carboxylic acids is 1. The van der Waals surface area contributed by atoms with E-state index in [1.54, 1.807) is 0 Å². The summed E-state index contributed by atoms with van der Waals surface area (Å²) in [5.41, 5.74) is -2.36. The van der Waals surface area contributed by atoms with E-state index in [1.807, 2.05) is 0 Å². The number of nitrogens with zero attached hydrogens (tertiary/aromatic N) is 1. The minimum atomic E-state index is -5.14. The highest BCUT2D eigenvalue weighted by atomic mass is 19.4. The Morgan fingerprint density at radius 2 is 1.95 bits per heavy atom. The van der Waals surface area contributed by atoms with Crippen molar-refractivity contribution in [1.29, 1.82) is 0 Å². The molecule has 0 saturated heterocycles. The summed E-state index contributed by atoms with van der Waals surface area (Å²) in [7, 11) is 0.838. The predicted molar refractivity (Wildman–Crippen MR) is 51.1 cm³/mol. The quantitative estimate of drug-likeness (QED) is 0.368. The van der Waals surface area contributed by atoms with Crippen molar-refractivity contribution < 1.29 is 36.8 Å². The molecule has 0 aromatic heterocycles. The molecule has 0 aliphatic heterocycles. The Bertz CT molecular complexity index is 528. The number of halogens is 4. The average molecular weight is 283 g/mol. The number of carbonyl (C=O) groups is 1. The van der Waals surface area contributed by atoms with Crippen LogP contribution < -0.4 is 4.74 Å². The number of nitro groups is 1. The van der Waals surface area contributed by atoms with Gasteiger partial charge >= 0.3 is 18.0 Å². The Hall–Kier alpha value is -2.39. The van der Waals surface area contributed by atoms with E-state index in [-0.39, 0.29) is 6.07 Å². The molecule has 0 aliphatic carbocycles. The first-order valence-electron chi connectivity index (χ1n) is 4.47. The summed E-state index contributed by atoms with van der Waals surface area (Å²) in [5.74, 6) is -4.07. The minimum absolute atomic E-state index is 0.218. The molecule has 0 heterocycles. The highest BCUT2D eigenvalue weighted by Gasteiger charge is 2.34. The van der Waals surface area contributed by atoms with Crippen molar-refractivity contribution in [2.45, 2.75) is 6.36 Å². The van der Waals surface area contributed by atoms with Crippen LogP contribution in [0.4, 0.5) is 23.2 Å². The largest absolute Gasteiger partial charge is 0.573 e. The Labute approximate surface area is 102 Å². The first-order valence-corrected chi connectivity index (χ1v) is 4.47. The van der Waals surface area contributed by atoms with E-state index < -0.39 is 40.1 Å². The average Bonchev–Trinajstić information content (AvgIpc) is 2.27. The summed E-state index contributed by atoms with van der Waals surface area (Å²) in [4.78, 5) is 20.3. The second kappa shape index (κ2) is 5.08. The van der Waals surface area contributed by atoms with Gasteiger partial charge in [-0.3, -0.25) is 10.1 Å². The zero-order valence-corrected chi connectivity index (χ0v) is 9.16. The molecule has 1 aromatic carbocycles. The molecule has 0 fully saturated rings. The van der Waals surface area contributed by atoms with Crippen LogP contribution in [-0.2, 0) is 4.74 Å². The normalized spacial score (nSPS) is 11.0. The molecule has 0 radical (unpaired) electrons. The molecular weight excluding hydrogens is 278 g/mol. The van der Waals surface area contributed by atoms with Crippen LogP contribution in [0.2, 0.25) is 0 Å². The molecule has 0 unspecified atom stereocenters. The molecule has 0 bridgehead atoms. The molecule has 0 aliphatic rings. The standard InChI is InChI=1S/C9H5F4NO5/c1-18-8(15)5-2-4(19-9(11,12)13)3-6(7(5)10)14(16)17/h2-3H,1H3. The Kier molecular flexibility index (Phi) is 3.92. The summed E-state index contributed by atoms with van der Waals surface area (Å²) >= 11 is 0. The lowest BCUT2D eigenvalue weighted by atomic mass is 10.1. The number of esters is 1. The smallest absolute Gasteiger partial charge is 0.465 e. The van der Waals surface area contributed by atoms with E-state index in [0.29, 0.717) is 6.07 Å². The van der Waals surface area contributed by atoms with Crippen LogP contribution in [0.1, 0.15) is 10.4 Å². The predicted octanol–water partition coefficient (Wildman–Crippen LogP) is 2.42. The number of ether oxygens (including phenoxy) is 2. The fraction of sp³-hybridized carbons (Fsp3) is 0.222. The number of benzene rings is 1. The topological polar surface area (TPSA) is 78.7 Å². The van der Waals surface area contributed by atoms with Crippen molar-refractivity contribution in [2.75, 3.05) is 7.11 Å². The van der Waals surface area contributed by atoms with Gasteiger partial charge in [-0.25, -0.2) is 4.79 Å². The summed E-state index contributed by atoms with van der Waals surface area (Å²) in [6.07, 6.45) is -5.14. The fourth-order valence-corrected chi connectivity index (χ4v) is 1.17. The molecule has 0 saturated carbocycles. The van der Waals surface area contributed by atoms with Gasteiger partial charge in [0.05, 0.1) is 18.1 Å². The maximum absolute atomic E-state index is 13.5. The molecule has 0 amide bonds. The third kappa shape index (κ3) is 3.53. The SMILES string of the molecule is COC(=O)c1cc(OC(F)(F)F)cc([N+](=O)[O-])c1F. The summed E-state index contributed by atoms with van der Waals surface area (Å²) in [6, 6.07) is 0.580. The number of alkyl halides is 3. The van der Waals surface area contributed by atoms with Crippen molar-refractivity contribution >= 4 is 11.7 Å². The van der Waals surface area contributed by atoms with Gasteiger partial charge in [0.15, 0.2) is 0 Å². The van der Waals surface area contributed by atoms with Gasteiger partial charge in [0.1, 0.15) is 11.3 Å². The van der Waals surface area contributed by atoms with Gasteiger partial charge < -0.3 is 9.47 Å². The van der Waals surface area contributed by atoms with E-state index >= 15 is 0 Å². The highest BCUT2D eigenvalue weighted by Crippen LogP contribution is 2.31. The second-order valence-electron chi connectivity index (χ2n) is 3.10. The van der Waals surface area contributed by atoms with E-state index in [1.165, 1.54) is 0 Å².